The number of carboxylic acids is 1. The van der Waals surface area contributed by atoms with E-state index in [4.69, 9.17) is 4.74 Å². The fourth-order valence-corrected chi connectivity index (χ4v) is 4.25. The van der Waals surface area contributed by atoms with E-state index in [0.29, 0.717) is 12.2 Å². The number of nitrogens with zero attached hydrogens (tertiary/aromatic N) is 1. The van der Waals surface area contributed by atoms with Crippen LogP contribution in [0, 0.1) is 0 Å². The van der Waals surface area contributed by atoms with Crippen LogP contribution in [0.5, 0.6) is 5.75 Å². The summed E-state index contributed by atoms with van der Waals surface area (Å²) in [5.41, 5.74) is 4.33. The van der Waals surface area contributed by atoms with Crippen molar-refractivity contribution in [3.63, 3.8) is 0 Å². The second kappa shape index (κ2) is 11.4. The first kappa shape index (κ1) is 24.7. The third kappa shape index (κ3) is 6.05. The Kier molecular flexibility index (Phi) is 7.41. The fraction of sp³-hybridized carbons (Fsp3) is 0.0938. The second-order valence-corrected chi connectivity index (χ2v) is 9.00. The summed E-state index contributed by atoms with van der Waals surface area (Å²) in [6.45, 7) is 0.468. The fourth-order valence-electron chi connectivity index (χ4n) is 4.25. The number of nitrogens with one attached hydrogen (secondary N) is 1. The van der Waals surface area contributed by atoms with Gasteiger partial charge in [-0.05, 0) is 69.4 Å². The molecule has 5 aromatic rings. The summed E-state index contributed by atoms with van der Waals surface area (Å²) in [6, 6.07) is 31.3. The zero-order valence-corrected chi connectivity index (χ0v) is 20.6. The van der Waals surface area contributed by atoms with E-state index in [0.717, 1.165) is 38.8 Å². The predicted octanol–water partition coefficient (Wildman–Crippen LogP) is 5.91. The van der Waals surface area contributed by atoms with E-state index < -0.39 is 17.9 Å². The Morgan fingerprint density at radius 2 is 1.45 bits per heavy atom. The number of amides is 1. The molecule has 0 radical (unpaired) electrons. The lowest BCUT2D eigenvalue weighted by Crippen LogP contribution is -2.42. The van der Waals surface area contributed by atoms with E-state index in [1.54, 1.807) is 24.5 Å². The Bertz CT molecular complexity index is 1550. The number of carbonyl (C=O) groups excluding carboxylic acids is 1. The molecule has 0 saturated carbocycles. The highest BCUT2D eigenvalue weighted by Crippen LogP contribution is 2.23. The topological polar surface area (TPSA) is 88.5 Å². The van der Waals surface area contributed by atoms with Crippen molar-refractivity contribution in [2.45, 2.75) is 19.1 Å². The zero-order valence-electron chi connectivity index (χ0n) is 20.6. The summed E-state index contributed by atoms with van der Waals surface area (Å²) in [7, 11) is 0. The quantitative estimate of drug-likeness (QED) is 0.262. The Morgan fingerprint density at radius 3 is 2.18 bits per heavy atom. The molecule has 0 saturated heterocycles. The van der Waals surface area contributed by atoms with Crippen LogP contribution in [-0.4, -0.2) is 28.0 Å². The van der Waals surface area contributed by atoms with Crippen LogP contribution in [0.2, 0.25) is 0 Å². The SMILES string of the molecule is O=C(NC(Cc1ccc(-c2ccncc2)cc1)C(=O)O)c1ccc2cc(OCc3ccccc3)ccc2c1. The number of fused-ring (bicyclic) bond motifs is 1. The molecule has 0 aliphatic rings. The van der Waals surface area contributed by atoms with Crippen LogP contribution in [0.3, 0.4) is 0 Å². The molecule has 1 amide bonds. The number of pyridine rings is 1. The van der Waals surface area contributed by atoms with Crippen LogP contribution in [0.4, 0.5) is 0 Å². The molecule has 4 aromatic carbocycles. The molecule has 6 heteroatoms. The molecule has 0 aliphatic carbocycles. The highest BCUT2D eigenvalue weighted by atomic mass is 16.5. The molecule has 1 heterocycles. The maximum absolute atomic E-state index is 13.0. The van der Waals surface area contributed by atoms with Crippen molar-refractivity contribution in [3.05, 3.63) is 132 Å². The molecule has 188 valence electrons. The van der Waals surface area contributed by atoms with Gasteiger partial charge in [-0.2, -0.15) is 0 Å². The van der Waals surface area contributed by atoms with Gasteiger partial charge in [-0.15, -0.1) is 0 Å². The number of ether oxygens (including phenoxy) is 1. The van der Waals surface area contributed by atoms with E-state index in [9.17, 15) is 14.7 Å². The molecule has 1 aromatic heterocycles. The zero-order chi connectivity index (χ0) is 26.3. The first-order valence-electron chi connectivity index (χ1n) is 12.3. The first-order valence-corrected chi connectivity index (χ1v) is 12.3. The summed E-state index contributed by atoms with van der Waals surface area (Å²) in [4.78, 5) is 28.9. The van der Waals surface area contributed by atoms with Gasteiger partial charge in [-0.1, -0.05) is 66.7 Å². The largest absolute Gasteiger partial charge is 0.489 e. The summed E-state index contributed by atoms with van der Waals surface area (Å²) in [5.74, 6) is -0.783. The van der Waals surface area contributed by atoms with Crippen molar-refractivity contribution in [3.8, 4) is 16.9 Å². The average Bonchev–Trinajstić information content (AvgIpc) is 2.96. The molecule has 0 bridgehead atoms. The van der Waals surface area contributed by atoms with E-state index >= 15 is 0 Å². The van der Waals surface area contributed by atoms with Crippen LogP contribution in [-0.2, 0) is 17.8 Å². The Morgan fingerprint density at radius 1 is 0.763 bits per heavy atom. The van der Waals surface area contributed by atoms with E-state index in [1.165, 1.54) is 0 Å². The van der Waals surface area contributed by atoms with Gasteiger partial charge in [-0.25, -0.2) is 4.79 Å². The van der Waals surface area contributed by atoms with Crippen LogP contribution >= 0.6 is 0 Å². The Hall–Kier alpha value is -4.97. The van der Waals surface area contributed by atoms with Crippen molar-refractivity contribution in [2.24, 2.45) is 0 Å². The number of carboxylic acid groups (broad SMARTS) is 1. The number of hydrogen-bond donors (Lipinski definition) is 2. The highest BCUT2D eigenvalue weighted by molar-refractivity contribution is 6.00. The van der Waals surface area contributed by atoms with Crippen molar-refractivity contribution in [2.75, 3.05) is 0 Å². The minimum Gasteiger partial charge on any atom is -0.489 e. The maximum atomic E-state index is 13.0. The molecular formula is C32H26N2O4. The van der Waals surface area contributed by atoms with Gasteiger partial charge in [0.25, 0.3) is 5.91 Å². The van der Waals surface area contributed by atoms with Crippen LogP contribution < -0.4 is 10.1 Å². The molecule has 1 atom stereocenters. The second-order valence-electron chi connectivity index (χ2n) is 9.00. The van der Waals surface area contributed by atoms with Gasteiger partial charge in [0, 0.05) is 24.4 Å². The maximum Gasteiger partial charge on any atom is 0.326 e. The molecule has 1 unspecified atom stereocenters. The average molecular weight is 503 g/mol. The van der Waals surface area contributed by atoms with E-state index in [-0.39, 0.29) is 6.42 Å². The molecule has 6 nitrogen and oxygen atoms in total. The van der Waals surface area contributed by atoms with Gasteiger partial charge in [-0.3, -0.25) is 9.78 Å². The summed E-state index contributed by atoms with van der Waals surface area (Å²) in [6.07, 6.45) is 3.63. The lowest BCUT2D eigenvalue weighted by molar-refractivity contribution is -0.139. The smallest absolute Gasteiger partial charge is 0.326 e. The van der Waals surface area contributed by atoms with Crippen LogP contribution in [0.1, 0.15) is 21.5 Å². The van der Waals surface area contributed by atoms with Gasteiger partial charge in [0.1, 0.15) is 18.4 Å². The third-order valence-electron chi connectivity index (χ3n) is 6.33. The van der Waals surface area contributed by atoms with Crippen molar-refractivity contribution in [1.29, 1.82) is 0 Å². The number of aromatic nitrogens is 1. The summed E-state index contributed by atoms with van der Waals surface area (Å²) < 4.78 is 5.90. The molecule has 0 aliphatic heterocycles. The molecule has 0 spiro atoms. The minimum atomic E-state index is -1.09. The highest BCUT2D eigenvalue weighted by Gasteiger charge is 2.21. The van der Waals surface area contributed by atoms with Crippen molar-refractivity contribution in [1.82, 2.24) is 10.3 Å². The summed E-state index contributed by atoms with van der Waals surface area (Å²) in [5, 5.41) is 14.2. The molecular weight excluding hydrogens is 476 g/mol. The van der Waals surface area contributed by atoms with Crippen molar-refractivity contribution >= 4 is 22.6 Å². The predicted molar refractivity (Wildman–Crippen MR) is 147 cm³/mol. The monoisotopic (exact) mass is 502 g/mol. The molecule has 0 fully saturated rings. The molecule has 5 rings (SSSR count). The molecule has 38 heavy (non-hydrogen) atoms. The summed E-state index contributed by atoms with van der Waals surface area (Å²) >= 11 is 0. The number of carbonyl (C=O) groups is 2. The third-order valence-corrected chi connectivity index (χ3v) is 6.33. The van der Waals surface area contributed by atoms with Gasteiger partial charge in [0.05, 0.1) is 0 Å². The number of rotatable bonds is 9. The lowest BCUT2D eigenvalue weighted by Gasteiger charge is -2.15. The number of aliphatic carboxylic acids is 1. The van der Waals surface area contributed by atoms with Crippen LogP contribution in [0.25, 0.3) is 21.9 Å². The number of hydrogen-bond acceptors (Lipinski definition) is 4. The van der Waals surface area contributed by atoms with Gasteiger partial charge in [0.15, 0.2) is 0 Å². The first-order chi connectivity index (χ1) is 18.5. The lowest BCUT2D eigenvalue weighted by atomic mass is 10.0. The van der Waals surface area contributed by atoms with Gasteiger partial charge in [0.2, 0.25) is 0 Å². The minimum absolute atomic E-state index is 0.174. The van der Waals surface area contributed by atoms with Gasteiger partial charge >= 0.3 is 5.97 Å². The van der Waals surface area contributed by atoms with E-state index in [1.807, 2.05) is 91.0 Å². The van der Waals surface area contributed by atoms with E-state index in [2.05, 4.69) is 10.3 Å². The van der Waals surface area contributed by atoms with Crippen LogP contribution in [0.15, 0.2) is 116 Å². The van der Waals surface area contributed by atoms with Crippen molar-refractivity contribution < 1.29 is 19.4 Å². The Labute approximate surface area is 220 Å². The normalized spacial score (nSPS) is 11.6. The standard InChI is InChI=1S/C32H26N2O4/c35-31(34-30(32(36)37)18-22-6-8-24(9-7-22)25-14-16-33-17-15-25)28-11-10-27-20-29(13-12-26(27)19-28)38-21-23-4-2-1-3-5-23/h1-17,19-20,30H,18,21H2,(H,34,35)(H,36,37). The Balaban J connectivity index is 1.24. The van der Waals surface area contributed by atoms with Gasteiger partial charge < -0.3 is 15.2 Å². The number of benzene rings is 4. The molecule has 2 N–H and O–H groups in total.